The van der Waals surface area contributed by atoms with Crippen LogP contribution >= 0.6 is 0 Å². The van der Waals surface area contributed by atoms with Gasteiger partial charge in [-0.05, 0) is 7.05 Å². The van der Waals surface area contributed by atoms with E-state index in [9.17, 15) is 0 Å². The molecule has 1 rings (SSSR count). The molecule has 1 aromatic heterocycles. The highest BCUT2D eigenvalue weighted by molar-refractivity contribution is 4.90. The Labute approximate surface area is 64.6 Å². The van der Waals surface area contributed by atoms with E-state index in [1.807, 2.05) is 18.0 Å². The van der Waals surface area contributed by atoms with E-state index in [0.29, 0.717) is 13.1 Å². The standard InChI is InChI=1S/C6H9N5/c1-11(3-2-7)5-6-4-8-10-9-6/h4H,3,5H2,1H3,(H,8,9,10). The van der Waals surface area contributed by atoms with E-state index in [4.69, 9.17) is 5.26 Å². The van der Waals surface area contributed by atoms with E-state index in [1.54, 1.807) is 6.20 Å². The first-order chi connectivity index (χ1) is 5.33. The zero-order valence-electron chi connectivity index (χ0n) is 6.28. The van der Waals surface area contributed by atoms with Crippen molar-refractivity contribution in [1.82, 2.24) is 20.3 Å². The minimum Gasteiger partial charge on any atom is -0.288 e. The van der Waals surface area contributed by atoms with Crippen molar-refractivity contribution in [3.63, 3.8) is 0 Å². The fraction of sp³-hybridized carbons (Fsp3) is 0.500. The highest BCUT2D eigenvalue weighted by Crippen LogP contribution is 1.93. The lowest BCUT2D eigenvalue weighted by Crippen LogP contribution is -2.17. The fourth-order valence-electron chi connectivity index (χ4n) is 0.755. The Kier molecular flexibility index (Phi) is 2.58. The van der Waals surface area contributed by atoms with Crippen LogP contribution < -0.4 is 0 Å². The Balaban J connectivity index is 2.38. The molecule has 5 nitrogen and oxygen atoms in total. The second kappa shape index (κ2) is 3.68. The molecule has 58 valence electrons. The van der Waals surface area contributed by atoms with Gasteiger partial charge in [0.25, 0.3) is 0 Å². The Morgan fingerprint density at radius 3 is 3.18 bits per heavy atom. The summed E-state index contributed by atoms with van der Waals surface area (Å²) in [5, 5.41) is 18.3. The SMILES string of the molecule is CN(CC#N)Cc1cn[nH]n1. The molecule has 1 heterocycles. The molecule has 0 aliphatic rings. The summed E-state index contributed by atoms with van der Waals surface area (Å²) < 4.78 is 0. The zero-order valence-corrected chi connectivity index (χ0v) is 6.28. The van der Waals surface area contributed by atoms with Gasteiger partial charge in [-0.2, -0.15) is 20.7 Å². The number of hydrogen-bond acceptors (Lipinski definition) is 4. The first-order valence-corrected chi connectivity index (χ1v) is 3.23. The lowest BCUT2D eigenvalue weighted by Gasteiger charge is -2.08. The van der Waals surface area contributed by atoms with Gasteiger partial charge < -0.3 is 0 Å². The molecule has 0 saturated carbocycles. The molecule has 0 atom stereocenters. The van der Waals surface area contributed by atoms with Crippen molar-refractivity contribution in [2.45, 2.75) is 6.54 Å². The zero-order chi connectivity index (χ0) is 8.10. The molecule has 1 aromatic rings. The average molecular weight is 151 g/mol. The molecule has 1 N–H and O–H groups in total. The van der Waals surface area contributed by atoms with Crippen LogP contribution in [0.15, 0.2) is 6.20 Å². The van der Waals surface area contributed by atoms with Gasteiger partial charge in [0.05, 0.1) is 24.5 Å². The van der Waals surface area contributed by atoms with E-state index in [0.717, 1.165) is 5.69 Å². The number of nitrogens with one attached hydrogen (secondary N) is 1. The number of hydrogen-bond donors (Lipinski definition) is 1. The number of nitrogens with zero attached hydrogens (tertiary/aromatic N) is 4. The van der Waals surface area contributed by atoms with E-state index < -0.39 is 0 Å². The van der Waals surface area contributed by atoms with E-state index >= 15 is 0 Å². The molecule has 0 aliphatic carbocycles. The highest BCUT2D eigenvalue weighted by Gasteiger charge is 2.00. The first-order valence-electron chi connectivity index (χ1n) is 3.23. The van der Waals surface area contributed by atoms with Crippen molar-refractivity contribution in [3.05, 3.63) is 11.9 Å². The second-order valence-electron chi connectivity index (χ2n) is 2.29. The smallest absolute Gasteiger partial charge is 0.0964 e. The predicted molar refractivity (Wildman–Crippen MR) is 38.3 cm³/mol. The molecule has 0 bridgehead atoms. The summed E-state index contributed by atoms with van der Waals surface area (Å²) in [6.45, 7) is 1.07. The van der Waals surface area contributed by atoms with Crippen LogP contribution in [-0.4, -0.2) is 33.9 Å². The molecule has 0 fully saturated rings. The lowest BCUT2D eigenvalue weighted by atomic mass is 10.4. The van der Waals surface area contributed by atoms with Gasteiger partial charge in [-0.1, -0.05) is 0 Å². The summed E-state index contributed by atoms with van der Waals surface area (Å²) in [5.41, 5.74) is 0.850. The topological polar surface area (TPSA) is 68.6 Å². The van der Waals surface area contributed by atoms with Crippen molar-refractivity contribution >= 4 is 0 Å². The van der Waals surface area contributed by atoms with Crippen molar-refractivity contribution in [3.8, 4) is 6.07 Å². The number of H-pyrrole nitrogens is 1. The summed E-state index contributed by atoms with van der Waals surface area (Å²) in [6.07, 6.45) is 1.65. The number of aromatic amines is 1. The highest BCUT2D eigenvalue weighted by atomic mass is 15.3. The summed E-state index contributed by atoms with van der Waals surface area (Å²) >= 11 is 0. The summed E-state index contributed by atoms with van der Waals surface area (Å²) in [6, 6.07) is 2.05. The monoisotopic (exact) mass is 151 g/mol. The van der Waals surface area contributed by atoms with Crippen LogP contribution in [0, 0.1) is 11.3 Å². The molecule has 0 unspecified atom stereocenters. The van der Waals surface area contributed by atoms with E-state index in [1.165, 1.54) is 0 Å². The summed E-state index contributed by atoms with van der Waals surface area (Å²) in [5.74, 6) is 0. The fourth-order valence-corrected chi connectivity index (χ4v) is 0.755. The van der Waals surface area contributed by atoms with Gasteiger partial charge in [-0.3, -0.25) is 4.90 Å². The minimum absolute atomic E-state index is 0.410. The quantitative estimate of drug-likeness (QED) is 0.605. The molecule has 5 heteroatoms. The third-order valence-electron chi connectivity index (χ3n) is 1.24. The molecule has 0 radical (unpaired) electrons. The molecule has 11 heavy (non-hydrogen) atoms. The first kappa shape index (κ1) is 7.69. The van der Waals surface area contributed by atoms with Crippen molar-refractivity contribution in [1.29, 1.82) is 5.26 Å². The van der Waals surface area contributed by atoms with Crippen LogP contribution in [0.25, 0.3) is 0 Å². The van der Waals surface area contributed by atoms with Gasteiger partial charge in [0.2, 0.25) is 0 Å². The maximum absolute atomic E-state index is 8.33. The van der Waals surface area contributed by atoms with Crippen LogP contribution in [0.3, 0.4) is 0 Å². The van der Waals surface area contributed by atoms with E-state index in [2.05, 4.69) is 15.4 Å². The molecule has 0 aliphatic heterocycles. The van der Waals surface area contributed by atoms with Crippen LogP contribution in [0.4, 0.5) is 0 Å². The number of aromatic nitrogens is 3. The second-order valence-corrected chi connectivity index (χ2v) is 2.29. The largest absolute Gasteiger partial charge is 0.288 e. The van der Waals surface area contributed by atoms with Crippen molar-refractivity contribution in [2.75, 3.05) is 13.6 Å². The maximum atomic E-state index is 8.33. The Morgan fingerprint density at radius 1 is 1.82 bits per heavy atom. The van der Waals surface area contributed by atoms with Gasteiger partial charge in [-0.25, -0.2) is 0 Å². The maximum Gasteiger partial charge on any atom is 0.0964 e. The third-order valence-corrected chi connectivity index (χ3v) is 1.24. The third kappa shape index (κ3) is 2.35. The van der Waals surface area contributed by atoms with Gasteiger partial charge >= 0.3 is 0 Å². The molecule has 0 amide bonds. The minimum atomic E-state index is 0.410. The molecule has 0 saturated heterocycles. The van der Waals surface area contributed by atoms with Crippen LogP contribution in [0.1, 0.15) is 5.69 Å². The van der Waals surface area contributed by atoms with Crippen LogP contribution in [0.2, 0.25) is 0 Å². The molecular formula is C6H9N5. The lowest BCUT2D eigenvalue weighted by molar-refractivity contribution is 0.362. The average Bonchev–Trinajstić information content (AvgIpc) is 2.40. The predicted octanol–water partition coefficient (Wildman–Crippen LogP) is -0.240. The van der Waals surface area contributed by atoms with Gasteiger partial charge in [0, 0.05) is 6.54 Å². The van der Waals surface area contributed by atoms with Crippen molar-refractivity contribution < 1.29 is 0 Å². The number of rotatable bonds is 3. The Morgan fingerprint density at radius 2 is 2.64 bits per heavy atom. The Bertz CT molecular complexity index is 234. The van der Waals surface area contributed by atoms with Gasteiger partial charge in [-0.15, -0.1) is 0 Å². The summed E-state index contributed by atoms with van der Waals surface area (Å²) in [4.78, 5) is 1.86. The Hall–Kier alpha value is -1.41. The van der Waals surface area contributed by atoms with Crippen LogP contribution in [0.5, 0.6) is 0 Å². The van der Waals surface area contributed by atoms with Crippen LogP contribution in [-0.2, 0) is 6.54 Å². The number of nitriles is 1. The molecule has 0 aromatic carbocycles. The van der Waals surface area contributed by atoms with Gasteiger partial charge in [0.1, 0.15) is 0 Å². The van der Waals surface area contributed by atoms with Gasteiger partial charge in [0.15, 0.2) is 0 Å². The molecular weight excluding hydrogens is 142 g/mol. The molecule has 0 spiro atoms. The van der Waals surface area contributed by atoms with E-state index in [-0.39, 0.29) is 0 Å². The van der Waals surface area contributed by atoms with Crippen molar-refractivity contribution in [2.24, 2.45) is 0 Å². The summed E-state index contributed by atoms with van der Waals surface area (Å²) in [7, 11) is 1.86. The normalized spacial score (nSPS) is 9.91.